The average molecular weight is 535 g/mol. The number of thioether (sulfide) groups is 1. The number of amides is 1. The standard InChI is InChI=1S/C27H26N4O4S2/c1-4-29-19-14-10-11-15-20(19)36-27(29)23-25(34)30(5-2)26(37-23)22-18(16-21(32)35-6-3)28-31(24(22)33)17-12-8-7-9-13-17/h7-15H,4-6,16H2,1-3H3. The van der Waals surface area contributed by atoms with Crippen molar-refractivity contribution >= 4 is 62.7 Å². The lowest BCUT2D eigenvalue weighted by Gasteiger charge is -2.16. The Hall–Kier alpha value is -3.63. The predicted octanol–water partition coefficient (Wildman–Crippen LogP) is 3.13. The van der Waals surface area contributed by atoms with E-state index in [2.05, 4.69) is 10.0 Å². The van der Waals surface area contributed by atoms with Crippen molar-refractivity contribution in [2.75, 3.05) is 23.1 Å². The van der Waals surface area contributed by atoms with Gasteiger partial charge in [0.25, 0.3) is 11.5 Å². The van der Waals surface area contributed by atoms with Crippen molar-refractivity contribution in [2.45, 2.75) is 38.6 Å². The fraction of sp³-hybridized carbons (Fsp3) is 0.259. The van der Waals surface area contributed by atoms with E-state index in [-0.39, 0.29) is 30.1 Å². The summed E-state index contributed by atoms with van der Waals surface area (Å²) in [5.74, 6) is -0.850. The average Bonchev–Trinajstić information content (AvgIpc) is 3.54. The number of esters is 1. The second kappa shape index (κ2) is 10.4. The largest absolute Gasteiger partial charge is 0.466 e. The van der Waals surface area contributed by atoms with E-state index >= 15 is 0 Å². The Bertz CT molecular complexity index is 1590. The van der Waals surface area contributed by atoms with E-state index in [1.165, 1.54) is 16.3 Å². The zero-order valence-corrected chi connectivity index (χ0v) is 22.4. The number of carbonyl (C=O) groups is 2. The number of aromatic nitrogens is 1. The first-order valence-corrected chi connectivity index (χ1v) is 13.8. The molecule has 3 heterocycles. The summed E-state index contributed by atoms with van der Waals surface area (Å²) in [5, 5.41) is 6.67. The van der Waals surface area contributed by atoms with Gasteiger partial charge in [0, 0.05) is 18.0 Å². The fourth-order valence-electron chi connectivity index (χ4n) is 4.41. The fourth-order valence-corrected chi connectivity index (χ4v) is 7.04. The van der Waals surface area contributed by atoms with Crippen molar-refractivity contribution in [1.82, 2.24) is 4.57 Å². The summed E-state index contributed by atoms with van der Waals surface area (Å²) in [6.45, 7) is 6.95. The van der Waals surface area contributed by atoms with Gasteiger partial charge in [-0.05, 0) is 45.0 Å². The van der Waals surface area contributed by atoms with Crippen LogP contribution in [-0.4, -0.2) is 35.3 Å². The number of thiazole rings is 1. The lowest BCUT2D eigenvalue weighted by atomic mass is 10.1. The maximum absolute atomic E-state index is 13.8. The third-order valence-electron chi connectivity index (χ3n) is 6.07. The number of rotatable bonds is 6. The molecule has 1 amide bonds. The summed E-state index contributed by atoms with van der Waals surface area (Å²) in [5.41, 5.74) is 2.04. The highest BCUT2D eigenvalue weighted by molar-refractivity contribution is 8.08. The molecule has 2 aromatic carbocycles. The number of carbonyl (C=O) groups excluding carboxylic acids is 2. The molecule has 0 aliphatic carbocycles. The van der Waals surface area contributed by atoms with Gasteiger partial charge in [0.05, 0.1) is 35.7 Å². The van der Waals surface area contributed by atoms with Crippen LogP contribution in [0.5, 0.6) is 0 Å². The molecule has 0 unspecified atom stereocenters. The summed E-state index contributed by atoms with van der Waals surface area (Å²) >= 11 is 2.83. The molecule has 10 heteroatoms. The lowest BCUT2D eigenvalue weighted by Crippen LogP contribution is -2.36. The number of hydrazone groups is 1. The first-order valence-electron chi connectivity index (χ1n) is 12.1. The molecule has 2 aliphatic heterocycles. The topological polar surface area (TPSA) is 84.2 Å². The summed E-state index contributed by atoms with van der Waals surface area (Å²) in [4.78, 5) is 43.1. The van der Waals surface area contributed by atoms with Crippen LogP contribution in [0.15, 0.2) is 69.4 Å². The Labute approximate surface area is 222 Å². The molecule has 0 spiro atoms. The van der Waals surface area contributed by atoms with Gasteiger partial charge in [0.1, 0.15) is 14.2 Å². The van der Waals surface area contributed by atoms with Gasteiger partial charge in [-0.25, -0.2) is 0 Å². The molecule has 3 aromatic rings. The van der Waals surface area contributed by atoms with E-state index in [0.717, 1.165) is 15.6 Å². The van der Waals surface area contributed by atoms with Crippen LogP contribution in [-0.2, 0) is 20.9 Å². The molecule has 8 nitrogen and oxygen atoms in total. The van der Waals surface area contributed by atoms with Gasteiger partial charge in [-0.3, -0.25) is 19.0 Å². The monoisotopic (exact) mass is 534 g/mol. The smallest absolute Gasteiger partial charge is 0.311 e. The molecule has 0 radical (unpaired) electrons. The summed E-state index contributed by atoms with van der Waals surface area (Å²) in [7, 11) is 0. The third kappa shape index (κ3) is 4.40. The number of anilines is 2. The van der Waals surface area contributed by atoms with E-state index in [1.54, 1.807) is 35.4 Å². The van der Waals surface area contributed by atoms with E-state index < -0.39 is 5.97 Å². The van der Waals surface area contributed by atoms with Crippen LogP contribution in [0.4, 0.5) is 11.4 Å². The molecule has 0 atom stereocenters. The summed E-state index contributed by atoms with van der Waals surface area (Å²) < 4.78 is 7.82. The maximum Gasteiger partial charge on any atom is 0.311 e. The Morgan fingerprint density at radius 2 is 1.70 bits per heavy atom. The van der Waals surface area contributed by atoms with Gasteiger partial charge in [0.15, 0.2) is 0 Å². The van der Waals surface area contributed by atoms with Gasteiger partial charge < -0.3 is 9.64 Å². The molecule has 5 rings (SSSR count). The number of nitrogens with zero attached hydrogens (tertiary/aromatic N) is 4. The molecule has 0 bridgehead atoms. The lowest BCUT2D eigenvalue weighted by molar-refractivity contribution is -0.141. The Kier molecular flexibility index (Phi) is 7.03. The van der Waals surface area contributed by atoms with E-state index in [4.69, 9.17) is 4.74 Å². The first kappa shape index (κ1) is 25.0. The minimum atomic E-state index is -0.475. The van der Waals surface area contributed by atoms with Gasteiger partial charge in [-0.15, -0.1) is 11.3 Å². The van der Waals surface area contributed by atoms with Crippen molar-refractivity contribution in [3.8, 4) is 0 Å². The highest BCUT2D eigenvalue weighted by Crippen LogP contribution is 2.45. The highest BCUT2D eigenvalue weighted by atomic mass is 32.2. The number of ether oxygens (including phenoxy) is 1. The normalized spacial score (nSPS) is 17.8. The van der Waals surface area contributed by atoms with Crippen LogP contribution >= 0.6 is 23.1 Å². The van der Waals surface area contributed by atoms with Crippen LogP contribution in [0, 0.1) is 0 Å². The number of benzene rings is 2. The Morgan fingerprint density at radius 1 is 0.973 bits per heavy atom. The van der Waals surface area contributed by atoms with Gasteiger partial charge >= 0.3 is 5.97 Å². The van der Waals surface area contributed by atoms with Gasteiger partial charge in [-0.2, -0.15) is 10.1 Å². The van der Waals surface area contributed by atoms with Crippen molar-refractivity contribution in [1.29, 1.82) is 0 Å². The van der Waals surface area contributed by atoms with Crippen LogP contribution in [0.25, 0.3) is 10.6 Å². The van der Waals surface area contributed by atoms with Crippen molar-refractivity contribution in [3.63, 3.8) is 0 Å². The van der Waals surface area contributed by atoms with Crippen molar-refractivity contribution < 1.29 is 14.3 Å². The molecule has 37 heavy (non-hydrogen) atoms. The molecule has 0 fully saturated rings. The maximum atomic E-state index is 13.8. The quantitative estimate of drug-likeness (QED) is 0.452. The van der Waals surface area contributed by atoms with Crippen LogP contribution in [0.3, 0.4) is 0 Å². The van der Waals surface area contributed by atoms with Gasteiger partial charge in [0.2, 0.25) is 0 Å². The molecular formula is C27H26N4O4S2. The van der Waals surface area contributed by atoms with E-state index in [1.807, 2.05) is 56.3 Å². The van der Waals surface area contributed by atoms with E-state index in [0.29, 0.717) is 33.7 Å². The molecular weight excluding hydrogens is 508 g/mol. The van der Waals surface area contributed by atoms with Crippen molar-refractivity contribution in [2.24, 2.45) is 5.10 Å². The number of hydrogen-bond acceptors (Lipinski definition) is 8. The molecule has 0 saturated heterocycles. The molecule has 190 valence electrons. The number of fused-ring (bicyclic) bond motifs is 1. The van der Waals surface area contributed by atoms with Crippen molar-refractivity contribution in [3.05, 3.63) is 74.1 Å². The van der Waals surface area contributed by atoms with Crippen LogP contribution in [0.1, 0.15) is 27.2 Å². The first-order chi connectivity index (χ1) is 18.0. The Balaban J connectivity index is 1.74. The number of hydrogen-bond donors (Lipinski definition) is 0. The minimum Gasteiger partial charge on any atom is -0.466 e. The molecule has 0 saturated carbocycles. The third-order valence-corrected chi connectivity index (χ3v) is 8.57. The van der Waals surface area contributed by atoms with E-state index in [9.17, 15) is 14.4 Å². The zero-order chi connectivity index (χ0) is 26.1. The highest BCUT2D eigenvalue weighted by Gasteiger charge is 2.35. The van der Waals surface area contributed by atoms with Crippen LogP contribution in [0.2, 0.25) is 0 Å². The second-order valence-electron chi connectivity index (χ2n) is 8.26. The predicted molar refractivity (Wildman–Crippen MR) is 148 cm³/mol. The SMILES string of the molecule is CCOC(=O)CC1=NN(c2ccccc2)C(=O)C1=c1sc(=C2Sc3ccccc3N2CC)c(=O)n1CC. The second-order valence-corrected chi connectivity index (χ2v) is 10.3. The van der Waals surface area contributed by atoms with Crippen LogP contribution < -0.4 is 24.7 Å². The molecule has 1 aromatic heterocycles. The minimum absolute atomic E-state index is 0.162. The number of para-hydroxylation sites is 2. The van der Waals surface area contributed by atoms with Gasteiger partial charge in [-0.1, -0.05) is 42.1 Å². The molecule has 2 aliphatic rings. The molecule has 0 N–H and O–H groups in total. The summed E-state index contributed by atoms with van der Waals surface area (Å²) in [6, 6.07) is 17.1. The Morgan fingerprint density at radius 3 is 2.41 bits per heavy atom. The summed E-state index contributed by atoms with van der Waals surface area (Å²) in [6.07, 6.45) is -0.165. The zero-order valence-electron chi connectivity index (χ0n) is 20.8.